The largest absolute Gasteiger partial charge is 1.54 e. The summed E-state index contributed by atoms with van der Waals surface area (Å²) in [6.45, 7) is 13.1. The number of hydrogen-bond donors (Lipinski definition) is 4. The summed E-state index contributed by atoms with van der Waals surface area (Å²) in [6, 6.07) is 25.1. The van der Waals surface area contributed by atoms with Gasteiger partial charge in [-0.1, -0.05) is 62.4 Å². The SMILES string of the molecule is [2H]Oc1ccc(C2(c3ccc(O[2H])c(C)c3)CCC(C(C)(C)C3CCC(c4ccc(O[2H])c(C)c4)(c4ccc(O[2H])c(C)c4)CC3)CC2)cc1C.[B][P-2]. The van der Waals surface area contributed by atoms with Crippen LogP contribution in [-0.4, -0.2) is 33.7 Å². The molecule has 0 saturated heterocycles. The Bertz CT molecular complexity index is 1630. The van der Waals surface area contributed by atoms with Gasteiger partial charge in [-0.15, -0.1) is 0 Å². The lowest BCUT2D eigenvalue weighted by Crippen LogP contribution is -2.43. The van der Waals surface area contributed by atoms with Crippen molar-refractivity contribution in [3.63, 3.8) is 0 Å². The molecule has 4 aromatic carbocycles. The Labute approximate surface area is 303 Å². The maximum absolute atomic E-state index is 7.50. The van der Waals surface area contributed by atoms with Crippen molar-refractivity contribution >= 4 is 16.7 Å². The van der Waals surface area contributed by atoms with Crippen LogP contribution >= 0.6 is 9.12 Å². The van der Waals surface area contributed by atoms with Crippen LogP contribution in [-0.2, 0) is 10.8 Å². The summed E-state index contributed by atoms with van der Waals surface area (Å²) < 4.78 is 30.0. The molecule has 0 aliphatic heterocycles. The highest BCUT2D eigenvalue weighted by Crippen LogP contribution is 2.57. The number of phenols is 4. The molecule has 4 N–H and O–H groups in total. The molecule has 2 fully saturated rings. The van der Waals surface area contributed by atoms with Gasteiger partial charge in [0.25, 0.3) is 5.72 Å². The van der Waals surface area contributed by atoms with Gasteiger partial charge < -0.3 is 37.1 Å². The van der Waals surface area contributed by atoms with E-state index in [0.717, 1.165) is 73.6 Å². The van der Waals surface area contributed by atoms with Crippen LogP contribution < -0.4 is 0 Å². The van der Waals surface area contributed by atoms with Gasteiger partial charge in [0.2, 0.25) is 0 Å². The molecular weight excluding hydrogens is 622 g/mol. The number of aryl methyl sites for hydroxylation is 4. The van der Waals surface area contributed by atoms with Crippen LogP contribution in [0.2, 0.25) is 0 Å². The van der Waals surface area contributed by atoms with Crippen molar-refractivity contribution in [3.8, 4) is 23.0 Å². The second kappa shape index (κ2) is 14.4. The minimum absolute atomic E-state index is 0.146. The van der Waals surface area contributed by atoms with Gasteiger partial charge in [0.05, 0.1) is 0 Å². The summed E-state index contributed by atoms with van der Waals surface area (Å²) in [6.07, 6.45) is 8.53. The maximum Gasteiger partial charge on any atom is 0.293 e. The molecule has 0 amide bonds. The van der Waals surface area contributed by atoms with Gasteiger partial charge in [0.15, 0.2) is 0 Å². The fraction of sp³-hybridized carbons (Fsp3) is 0.442. The third kappa shape index (κ3) is 6.85. The first kappa shape index (κ1) is 31.5. The first-order valence-corrected chi connectivity index (χ1v) is 18.2. The van der Waals surface area contributed by atoms with E-state index in [2.05, 4.69) is 79.1 Å². The van der Waals surface area contributed by atoms with Crippen molar-refractivity contribution in [1.29, 1.82) is 5.72 Å². The Morgan fingerprint density at radius 1 is 0.531 bits per heavy atom. The Balaban J connectivity index is 0.00000266. The zero-order valence-electron chi connectivity index (χ0n) is 33.9. The van der Waals surface area contributed by atoms with Crippen molar-refractivity contribution in [2.24, 2.45) is 17.3 Å². The number of hydrogen-bond acceptors (Lipinski definition) is 4. The van der Waals surface area contributed by atoms with E-state index in [1.54, 1.807) is 0 Å². The predicted molar refractivity (Wildman–Crippen MR) is 203 cm³/mol. The molecule has 4 nitrogen and oxygen atoms in total. The first-order chi connectivity index (χ1) is 25.4. The molecule has 0 bridgehead atoms. The van der Waals surface area contributed by atoms with Gasteiger partial charge in [0.1, 0.15) is 23.0 Å². The molecule has 2 aliphatic rings. The highest BCUT2D eigenvalue weighted by Gasteiger charge is 2.48. The molecule has 0 aromatic heterocycles. The molecule has 6 rings (SSSR count). The summed E-state index contributed by atoms with van der Waals surface area (Å²) >= 11 is 0. The van der Waals surface area contributed by atoms with Crippen LogP contribution in [0.15, 0.2) is 72.8 Å². The van der Waals surface area contributed by atoms with Crippen molar-refractivity contribution in [2.45, 2.75) is 104 Å². The van der Waals surface area contributed by atoms with Gasteiger partial charge in [-0.05, 0) is 165 Å². The molecule has 0 spiro atoms. The minimum atomic E-state index is -0.176. The normalized spacial score (nSPS) is 18.8. The highest BCUT2D eigenvalue weighted by molar-refractivity contribution is 7.49. The zero-order chi connectivity index (χ0) is 38.6. The lowest BCUT2D eigenvalue weighted by molar-refractivity contribution is 0.0364. The van der Waals surface area contributed by atoms with E-state index in [4.69, 9.17) is 26.2 Å². The number of benzene rings is 4. The number of rotatable bonds is 10. The van der Waals surface area contributed by atoms with Crippen LogP contribution in [0.25, 0.3) is 0 Å². The Morgan fingerprint density at radius 2 is 0.776 bits per heavy atom. The lowest BCUT2D eigenvalue weighted by Gasteiger charge is -2.52. The van der Waals surface area contributed by atoms with Gasteiger partial charge in [-0.2, -0.15) is 0 Å². The van der Waals surface area contributed by atoms with E-state index in [1.807, 2.05) is 52.0 Å². The molecule has 0 unspecified atom stereocenters. The molecule has 2 radical (unpaired) electrons. The maximum atomic E-state index is 7.50. The molecule has 0 heterocycles. The third-order valence-electron chi connectivity index (χ3n) is 12.7. The number of aromatic hydroxyl groups is 4. The highest BCUT2D eigenvalue weighted by atomic mass is 31.0. The Kier molecular flexibility index (Phi) is 9.29. The zero-order valence-corrected chi connectivity index (χ0v) is 30.8. The summed E-state index contributed by atoms with van der Waals surface area (Å²) in [7, 11) is 7.22. The van der Waals surface area contributed by atoms with E-state index in [1.165, 1.54) is 22.3 Å². The van der Waals surface area contributed by atoms with E-state index in [9.17, 15) is 0 Å². The molecule has 6 heteroatoms. The second-order valence-electron chi connectivity index (χ2n) is 15.5. The first-order valence-electron chi connectivity index (χ1n) is 19.3. The van der Waals surface area contributed by atoms with Crippen molar-refractivity contribution in [2.75, 3.05) is 0 Å². The molecule has 49 heavy (non-hydrogen) atoms. The van der Waals surface area contributed by atoms with Gasteiger partial charge in [0, 0.05) is 10.8 Å². The summed E-state index contributed by atoms with van der Waals surface area (Å²) in [5.41, 5.74) is 8.68. The fourth-order valence-electron chi connectivity index (χ4n) is 9.32. The van der Waals surface area contributed by atoms with Gasteiger partial charge in [-0.3, -0.25) is 0 Å². The van der Waals surface area contributed by atoms with Crippen molar-refractivity contribution in [3.05, 3.63) is 117 Å². The van der Waals surface area contributed by atoms with Crippen molar-refractivity contribution in [1.82, 2.24) is 0 Å². The van der Waals surface area contributed by atoms with E-state index in [0.29, 0.717) is 34.8 Å². The van der Waals surface area contributed by atoms with Crippen LogP contribution in [0, 0.1) is 44.9 Å². The standard InChI is InChI=1S/C43H52O4.BP/c1-27-23-33(7-11-37(27)44)42(34-8-12-38(45)28(2)24-34)19-15-31(16-20-42)41(5,6)32-17-21-43(22-18-32,35-9-13-39(46)29(3)25-35)36-10-14-40(47)30(4)26-36;1-2/h7-14,23-26,31-32,44-47H,15-22H2,1-6H3;/q;-2/i/hD4. The summed E-state index contributed by atoms with van der Waals surface area (Å²) in [4.78, 5) is 0. The Hall–Kier alpha value is -3.43. The summed E-state index contributed by atoms with van der Waals surface area (Å²) in [5, 5.41) is 19.6. The summed E-state index contributed by atoms with van der Waals surface area (Å²) in [5.74, 6) is 3.47. The van der Waals surface area contributed by atoms with Gasteiger partial charge in [-0.25, -0.2) is 0 Å². The molecule has 2 saturated carbocycles. The second-order valence-corrected chi connectivity index (χ2v) is 15.5. The topological polar surface area (TPSA) is 80.9 Å². The average molecular weight is 679 g/mol. The minimum Gasteiger partial charge on any atom is -1.54 e. The van der Waals surface area contributed by atoms with E-state index < -0.39 is 0 Å². The third-order valence-corrected chi connectivity index (χ3v) is 12.7. The molecule has 4 aromatic rings. The number of phenolic OH excluding ortho intramolecular Hbond substituents is 4. The Morgan fingerprint density at radius 3 is 0.980 bits per heavy atom. The van der Waals surface area contributed by atoms with Crippen molar-refractivity contribution < 1.29 is 20.4 Å². The van der Waals surface area contributed by atoms with Crippen LogP contribution in [0.1, 0.15) is 110 Å². The molecular formula is C43H52BO4P-2. The molecule has 0 atom stereocenters. The van der Waals surface area contributed by atoms with Crippen LogP contribution in [0.3, 0.4) is 0 Å². The molecule has 2 aliphatic carbocycles. The van der Waals surface area contributed by atoms with E-state index >= 15 is 0 Å². The molecule has 258 valence electrons. The van der Waals surface area contributed by atoms with Crippen LogP contribution in [0.4, 0.5) is 0 Å². The predicted octanol–water partition coefficient (Wildman–Crippen LogP) is 10.9. The van der Waals surface area contributed by atoms with Crippen LogP contribution in [0.5, 0.6) is 23.0 Å². The fourth-order valence-corrected chi connectivity index (χ4v) is 9.32. The monoisotopic (exact) mass is 678 g/mol. The smallest absolute Gasteiger partial charge is 0.293 e. The lowest BCUT2D eigenvalue weighted by atomic mass is 9.53. The van der Waals surface area contributed by atoms with Gasteiger partial charge >= 0.3 is 0 Å². The van der Waals surface area contributed by atoms with E-state index in [-0.39, 0.29) is 16.2 Å². The quantitative estimate of drug-likeness (QED) is 0.0994. The average Bonchev–Trinajstić information content (AvgIpc) is 3.18.